The van der Waals surface area contributed by atoms with Crippen molar-refractivity contribution in [2.45, 2.75) is 32.7 Å². The minimum Gasteiger partial charge on any atom is -0.486 e. The lowest BCUT2D eigenvalue weighted by molar-refractivity contribution is 0.171. The van der Waals surface area contributed by atoms with E-state index in [1.54, 1.807) is 0 Å². The molecule has 0 fully saturated rings. The molecule has 2 aromatic rings. The molecule has 112 valence electrons. The summed E-state index contributed by atoms with van der Waals surface area (Å²) < 4.78 is 13.1. The van der Waals surface area contributed by atoms with Gasteiger partial charge in [-0.15, -0.1) is 10.2 Å². The Balaban J connectivity index is 1.71. The topological polar surface area (TPSA) is 49.2 Å². The van der Waals surface area contributed by atoms with Gasteiger partial charge < -0.3 is 14.0 Å². The minimum absolute atomic E-state index is 0.455. The predicted octanol–water partition coefficient (Wildman–Crippen LogP) is 2.90. The largest absolute Gasteiger partial charge is 0.486 e. The average Bonchev–Trinajstić information content (AvgIpc) is 2.86. The lowest BCUT2D eigenvalue weighted by Gasteiger charge is -2.19. The van der Waals surface area contributed by atoms with E-state index in [2.05, 4.69) is 23.2 Å². The lowest BCUT2D eigenvalue weighted by atomic mass is 10.1. The number of benzene rings is 1. The van der Waals surface area contributed by atoms with E-state index >= 15 is 0 Å². The summed E-state index contributed by atoms with van der Waals surface area (Å²) in [5, 5.41) is 8.53. The third-order valence-corrected chi connectivity index (χ3v) is 3.77. The number of aryl methyl sites for hydroxylation is 2. The van der Waals surface area contributed by atoms with Crippen LogP contribution in [0.2, 0.25) is 5.28 Å². The molecule has 3 rings (SSSR count). The number of nitrogens with zero attached hydrogens (tertiary/aromatic N) is 3. The summed E-state index contributed by atoms with van der Waals surface area (Å²) in [5.74, 6) is 2.58. The van der Waals surface area contributed by atoms with Gasteiger partial charge in [0.05, 0.1) is 0 Å². The van der Waals surface area contributed by atoms with E-state index in [9.17, 15) is 0 Å². The van der Waals surface area contributed by atoms with Gasteiger partial charge in [-0.3, -0.25) is 0 Å². The van der Waals surface area contributed by atoms with Gasteiger partial charge in [0, 0.05) is 13.0 Å². The van der Waals surface area contributed by atoms with Gasteiger partial charge >= 0.3 is 0 Å². The van der Waals surface area contributed by atoms with E-state index < -0.39 is 0 Å². The normalized spacial score (nSPS) is 13.4. The molecule has 6 heteroatoms. The second kappa shape index (κ2) is 6.35. The maximum Gasteiger partial charge on any atom is 0.225 e. The number of hydrogen-bond acceptors (Lipinski definition) is 4. The van der Waals surface area contributed by atoms with Crippen molar-refractivity contribution >= 4 is 11.6 Å². The highest BCUT2D eigenvalue weighted by Crippen LogP contribution is 2.31. The first-order chi connectivity index (χ1) is 10.3. The van der Waals surface area contributed by atoms with Crippen molar-refractivity contribution in [1.29, 1.82) is 0 Å². The van der Waals surface area contributed by atoms with E-state index in [-0.39, 0.29) is 0 Å². The summed E-state index contributed by atoms with van der Waals surface area (Å²) in [6.45, 7) is 4.10. The van der Waals surface area contributed by atoms with Crippen LogP contribution in [0.25, 0.3) is 0 Å². The Morgan fingerprint density at radius 2 is 1.95 bits per heavy atom. The van der Waals surface area contributed by atoms with Crippen LogP contribution in [-0.2, 0) is 19.4 Å². The molecule has 0 unspecified atom stereocenters. The molecule has 0 aliphatic carbocycles. The minimum atomic E-state index is 0.455. The van der Waals surface area contributed by atoms with E-state index in [0.29, 0.717) is 18.5 Å². The molecule has 0 atom stereocenters. The highest BCUT2D eigenvalue weighted by Gasteiger charge is 2.13. The van der Waals surface area contributed by atoms with Crippen molar-refractivity contribution in [3.8, 4) is 11.5 Å². The molecule has 1 aromatic heterocycles. The van der Waals surface area contributed by atoms with E-state index in [1.807, 2.05) is 16.7 Å². The van der Waals surface area contributed by atoms with Gasteiger partial charge in [0.2, 0.25) is 5.28 Å². The van der Waals surface area contributed by atoms with Gasteiger partial charge in [0.1, 0.15) is 19.0 Å². The first-order valence-electron chi connectivity index (χ1n) is 7.24. The molecule has 2 heterocycles. The maximum absolute atomic E-state index is 6.11. The molecule has 0 N–H and O–H groups in total. The quantitative estimate of drug-likeness (QED) is 0.852. The third kappa shape index (κ3) is 3.13. The monoisotopic (exact) mass is 307 g/mol. The van der Waals surface area contributed by atoms with Crippen molar-refractivity contribution in [2.24, 2.45) is 0 Å². The summed E-state index contributed by atoms with van der Waals surface area (Å²) in [6, 6.07) is 6.06. The molecule has 5 nitrogen and oxygen atoms in total. The Hall–Kier alpha value is -1.75. The molecule has 1 aromatic carbocycles. The van der Waals surface area contributed by atoms with Crippen molar-refractivity contribution < 1.29 is 9.47 Å². The summed E-state index contributed by atoms with van der Waals surface area (Å²) >= 11 is 6.11. The fourth-order valence-electron chi connectivity index (χ4n) is 2.43. The Labute approximate surface area is 128 Å². The zero-order chi connectivity index (χ0) is 14.7. The van der Waals surface area contributed by atoms with Crippen LogP contribution < -0.4 is 9.47 Å². The van der Waals surface area contributed by atoms with Gasteiger partial charge in [0.25, 0.3) is 0 Å². The summed E-state index contributed by atoms with van der Waals surface area (Å²) in [4.78, 5) is 0. The van der Waals surface area contributed by atoms with Gasteiger partial charge in [0.15, 0.2) is 11.5 Å². The highest BCUT2D eigenvalue weighted by atomic mass is 35.5. The molecule has 0 amide bonds. The second-order valence-corrected chi connectivity index (χ2v) is 5.35. The van der Waals surface area contributed by atoms with Gasteiger partial charge in [-0.05, 0) is 42.1 Å². The highest BCUT2D eigenvalue weighted by molar-refractivity contribution is 6.28. The standard InChI is InChI=1S/C15H18ClN3O2/c1-2-3-14-17-18-15(16)19(14)7-6-11-4-5-12-13(10-11)21-9-8-20-12/h4-5,10H,2-3,6-9H2,1H3. The maximum atomic E-state index is 6.11. The van der Waals surface area contributed by atoms with Crippen LogP contribution in [0.3, 0.4) is 0 Å². The first-order valence-corrected chi connectivity index (χ1v) is 7.62. The van der Waals surface area contributed by atoms with E-state index in [4.69, 9.17) is 21.1 Å². The van der Waals surface area contributed by atoms with E-state index in [1.165, 1.54) is 5.56 Å². The average molecular weight is 308 g/mol. The Morgan fingerprint density at radius 3 is 2.76 bits per heavy atom. The zero-order valence-electron chi connectivity index (χ0n) is 12.0. The molecule has 1 aliphatic heterocycles. The van der Waals surface area contributed by atoms with Crippen molar-refractivity contribution in [2.75, 3.05) is 13.2 Å². The first kappa shape index (κ1) is 14.2. The summed E-state index contributed by atoms with van der Waals surface area (Å²) in [6.07, 6.45) is 2.77. The molecule has 21 heavy (non-hydrogen) atoms. The Kier molecular flexibility index (Phi) is 4.29. The smallest absolute Gasteiger partial charge is 0.225 e. The zero-order valence-corrected chi connectivity index (χ0v) is 12.8. The number of fused-ring (bicyclic) bond motifs is 1. The Morgan fingerprint density at radius 1 is 1.14 bits per heavy atom. The number of ether oxygens (including phenoxy) is 2. The van der Waals surface area contributed by atoms with Gasteiger partial charge in [-0.25, -0.2) is 0 Å². The molecular weight excluding hydrogens is 290 g/mol. The van der Waals surface area contributed by atoms with Crippen LogP contribution in [0.15, 0.2) is 18.2 Å². The SMILES string of the molecule is CCCc1nnc(Cl)n1CCc1ccc2c(c1)OCCO2. The van der Waals surface area contributed by atoms with Crippen LogP contribution in [0.4, 0.5) is 0 Å². The van der Waals surface area contributed by atoms with Crippen LogP contribution >= 0.6 is 11.6 Å². The number of aromatic nitrogens is 3. The fraction of sp³-hybridized carbons (Fsp3) is 0.467. The molecule has 0 radical (unpaired) electrons. The fourth-order valence-corrected chi connectivity index (χ4v) is 2.65. The molecule has 0 spiro atoms. The van der Waals surface area contributed by atoms with E-state index in [0.717, 1.165) is 43.1 Å². The van der Waals surface area contributed by atoms with Crippen LogP contribution in [0.1, 0.15) is 24.7 Å². The number of hydrogen-bond donors (Lipinski definition) is 0. The lowest BCUT2D eigenvalue weighted by Crippen LogP contribution is -2.15. The van der Waals surface area contributed by atoms with Gasteiger partial charge in [-0.2, -0.15) is 0 Å². The third-order valence-electron chi connectivity index (χ3n) is 3.49. The number of rotatable bonds is 5. The molecule has 0 saturated heterocycles. The van der Waals surface area contributed by atoms with Crippen molar-refractivity contribution in [3.05, 3.63) is 34.9 Å². The summed E-state index contributed by atoms with van der Waals surface area (Å²) in [5.41, 5.74) is 1.19. The van der Waals surface area contributed by atoms with Crippen molar-refractivity contribution in [3.63, 3.8) is 0 Å². The molecule has 0 bridgehead atoms. The predicted molar refractivity (Wildman–Crippen MR) is 80.2 cm³/mol. The van der Waals surface area contributed by atoms with Crippen LogP contribution in [0.5, 0.6) is 11.5 Å². The summed E-state index contributed by atoms with van der Waals surface area (Å²) in [7, 11) is 0. The van der Waals surface area contributed by atoms with Gasteiger partial charge in [-0.1, -0.05) is 13.0 Å². The Bertz CT molecular complexity index is 627. The van der Waals surface area contributed by atoms with Crippen LogP contribution in [0, 0.1) is 0 Å². The second-order valence-electron chi connectivity index (χ2n) is 5.01. The van der Waals surface area contributed by atoms with Crippen molar-refractivity contribution in [1.82, 2.24) is 14.8 Å². The number of halogens is 1. The molecule has 0 saturated carbocycles. The molecule has 1 aliphatic rings. The van der Waals surface area contributed by atoms with Crippen LogP contribution in [-0.4, -0.2) is 28.0 Å². The molecular formula is C15H18ClN3O2.